The second-order valence-electron chi connectivity index (χ2n) is 2.63. The van der Waals surface area contributed by atoms with Gasteiger partial charge in [-0.1, -0.05) is 11.6 Å². The Morgan fingerprint density at radius 3 is 3.07 bits per heavy atom. The molecule has 1 aromatic heterocycles. The number of allylic oxidation sites excluding steroid dienone is 1. The van der Waals surface area contributed by atoms with Gasteiger partial charge in [-0.3, -0.25) is 5.43 Å². The van der Waals surface area contributed by atoms with Gasteiger partial charge in [0.15, 0.2) is 0 Å². The Morgan fingerprint density at radius 1 is 1.50 bits per heavy atom. The quantitative estimate of drug-likeness (QED) is 0.527. The maximum Gasteiger partial charge on any atom is 0.138 e. The van der Waals surface area contributed by atoms with Gasteiger partial charge in [-0.15, -0.1) is 10.3 Å². The summed E-state index contributed by atoms with van der Waals surface area (Å²) >= 11 is 5.90. The Morgan fingerprint density at radius 2 is 2.36 bits per heavy atom. The molecule has 5 nitrogen and oxygen atoms in total. The number of hydrazine groups is 2. The molecular formula is C8H8ClN5. The van der Waals surface area contributed by atoms with Gasteiger partial charge >= 0.3 is 0 Å². The number of nitrogens with one attached hydrogen (secondary N) is 1. The van der Waals surface area contributed by atoms with Crippen LogP contribution < -0.4 is 11.3 Å². The lowest BCUT2D eigenvalue weighted by Crippen LogP contribution is -2.38. The number of hydrogen-bond donors (Lipinski definition) is 2. The molecule has 1 aliphatic heterocycles. The summed E-state index contributed by atoms with van der Waals surface area (Å²) in [6.07, 6.45) is 5.06. The number of hydrogen-bond acceptors (Lipinski definition) is 5. The first kappa shape index (κ1) is 8.98. The Hall–Kier alpha value is -1.59. The van der Waals surface area contributed by atoms with E-state index >= 15 is 0 Å². The summed E-state index contributed by atoms with van der Waals surface area (Å²) in [4.78, 5) is 3.95. The van der Waals surface area contributed by atoms with Crippen molar-refractivity contribution < 1.29 is 0 Å². The van der Waals surface area contributed by atoms with Gasteiger partial charge in [0.1, 0.15) is 5.15 Å². The molecule has 0 spiro atoms. The van der Waals surface area contributed by atoms with Gasteiger partial charge in [0.05, 0.1) is 5.71 Å². The van der Waals surface area contributed by atoms with Crippen molar-refractivity contribution in [1.29, 1.82) is 0 Å². The lowest BCUT2D eigenvalue weighted by Gasteiger charge is -2.17. The number of hydrazone groups is 1. The van der Waals surface area contributed by atoms with Crippen LogP contribution >= 0.6 is 11.6 Å². The van der Waals surface area contributed by atoms with E-state index in [0.717, 1.165) is 10.8 Å². The molecule has 0 amide bonds. The number of nitrogens with zero attached hydrogens (tertiary/aromatic N) is 3. The molecule has 1 aliphatic rings. The van der Waals surface area contributed by atoms with Crippen LogP contribution in [0.3, 0.4) is 0 Å². The zero-order chi connectivity index (χ0) is 9.97. The van der Waals surface area contributed by atoms with Crippen LogP contribution in [-0.2, 0) is 0 Å². The van der Waals surface area contributed by atoms with E-state index in [2.05, 4.69) is 15.5 Å². The van der Waals surface area contributed by atoms with Crippen LogP contribution in [0.4, 0.5) is 0 Å². The third-order valence-corrected chi connectivity index (χ3v) is 2.00. The van der Waals surface area contributed by atoms with Crippen LogP contribution in [0, 0.1) is 0 Å². The Labute approximate surface area is 85.8 Å². The average molecular weight is 210 g/mol. The van der Waals surface area contributed by atoms with Crippen molar-refractivity contribution in [3.63, 3.8) is 0 Å². The van der Waals surface area contributed by atoms with Crippen molar-refractivity contribution >= 4 is 17.3 Å². The first-order valence-electron chi connectivity index (χ1n) is 3.94. The van der Waals surface area contributed by atoms with Crippen molar-refractivity contribution in [1.82, 2.24) is 15.6 Å². The summed E-state index contributed by atoms with van der Waals surface area (Å²) in [5, 5.41) is 5.54. The highest BCUT2D eigenvalue weighted by atomic mass is 35.5. The molecule has 1 aromatic rings. The van der Waals surface area contributed by atoms with Gasteiger partial charge in [-0.05, 0) is 18.2 Å². The van der Waals surface area contributed by atoms with Crippen molar-refractivity contribution in [2.45, 2.75) is 0 Å². The fourth-order valence-corrected chi connectivity index (χ4v) is 1.31. The average Bonchev–Trinajstić information content (AvgIpc) is 2.18. The number of halogens is 1. The number of pyridine rings is 1. The molecule has 72 valence electrons. The second-order valence-corrected chi connectivity index (χ2v) is 2.99. The predicted molar refractivity (Wildman–Crippen MR) is 54.1 cm³/mol. The maximum absolute atomic E-state index is 5.90. The molecule has 0 aromatic carbocycles. The SMILES string of the molecule is NN1N=C(c2cccnc2Cl)C=CN1. The highest BCUT2D eigenvalue weighted by Gasteiger charge is 2.09. The molecule has 2 heterocycles. The summed E-state index contributed by atoms with van der Waals surface area (Å²) in [6.45, 7) is 0. The summed E-state index contributed by atoms with van der Waals surface area (Å²) in [5.41, 5.74) is 4.10. The Balaban J connectivity index is 2.40. The zero-order valence-electron chi connectivity index (χ0n) is 7.18. The number of rotatable bonds is 1. The summed E-state index contributed by atoms with van der Waals surface area (Å²) in [5.74, 6) is 5.43. The predicted octanol–water partition coefficient (Wildman–Crippen LogP) is 0.647. The number of nitrogens with two attached hydrogens (primary N) is 1. The van der Waals surface area contributed by atoms with Gasteiger partial charge < -0.3 is 0 Å². The fraction of sp³-hybridized carbons (Fsp3) is 0. The molecule has 2 rings (SSSR count). The maximum atomic E-state index is 5.90. The van der Waals surface area contributed by atoms with Gasteiger partial charge in [0.25, 0.3) is 0 Å². The lowest BCUT2D eigenvalue weighted by molar-refractivity contribution is 0.237. The van der Waals surface area contributed by atoms with Crippen LogP contribution in [0.15, 0.2) is 35.7 Å². The molecule has 6 heteroatoms. The minimum Gasteiger partial charge on any atom is -0.275 e. The largest absolute Gasteiger partial charge is 0.275 e. The van der Waals surface area contributed by atoms with Crippen LogP contribution in [0.1, 0.15) is 5.56 Å². The normalized spacial score (nSPS) is 15.0. The van der Waals surface area contributed by atoms with Crippen LogP contribution in [-0.4, -0.2) is 15.9 Å². The van der Waals surface area contributed by atoms with E-state index in [0.29, 0.717) is 10.9 Å². The van der Waals surface area contributed by atoms with E-state index in [9.17, 15) is 0 Å². The first-order valence-corrected chi connectivity index (χ1v) is 4.32. The molecular weight excluding hydrogens is 202 g/mol. The van der Waals surface area contributed by atoms with E-state index in [-0.39, 0.29) is 0 Å². The van der Waals surface area contributed by atoms with E-state index in [1.165, 1.54) is 0 Å². The third kappa shape index (κ3) is 1.68. The number of aromatic nitrogens is 1. The fourth-order valence-electron chi connectivity index (χ4n) is 1.09. The summed E-state index contributed by atoms with van der Waals surface area (Å²) < 4.78 is 0. The third-order valence-electron chi connectivity index (χ3n) is 1.70. The molecule has 0 aliphatic carbocycles. The zero-order valence-corrected chi connectivity index (χ0v) is 7.94. The highest BCUT2D eigenvalue weighted by Crippen LogP contribution is 2.14. The summed E-state index contributed by atoms with van der Waals surface area (Å²) in [7, 11) is 0. The van der Waals surface area contributed by atoms with Crippen molar-refractivity contribution in [2.24, 2.45) is 10.9 Å². The van der Waals surface area contributed by atoms with Gasteiger partial charge in [0.2, 0.25) is 0 Å². The van der Waals surface area contributed by atoms with E-state index in [1.54, 1.807) is 24.5 Å². The van der Waals surface area contributed by atoms with Crippen molar-refractivity contribution in [3.8, 4) is 0 Å². The Bertz CT molecular complexity index is 400. The highest BCUT2D eigenvalue weighted by molar-refractivity contribution is 6.33. The molecule has 0 atom stereocenters. The molecule has 0 saturated heterocycles. The van der Waals surface area contributed by atoms with Gasteiger partial charge in [0, 0.05) is 18.0 Å². The van der Waals surface area contributed by atoms with E-state index in [4.69, 9.17) is 17.4 Å². The Kier molecular flexibility index (Phi) is 2.34. The molecule has 0 bridgehead atoms. The molecule has 0 fully saturated rings. The molecule has 0 unspecified atom stereocenters. The smallest absolute Gasteiger partial charge is 0.138 e. The van der Waals surface area contributed by atoms with Crippen molar-refractivity contribution in [2.75, 3.05) is 0 Å². The van der Waals surface area contributed by atoms with Crippen LogP contribution in [0.2, 0.25) is 5.15 Å². The standard InChI is InChI=1S/C8H8ClN5/c9-8-6(2-1-4-11-8)7-3-5-12-14(10)13-7/h1-5,12H,10H2. The second kappa shape index (κ2) is 3.65. The monoisotopic (exact) mass is 209 g/mol. The lowest BCUT2D eigenvalue weighted by atomic mass is 10.2. The topological polar surface area (TPSA) is 66.5 Å². The van der Waals surface area contributed by atoms with Crippen LogP contribution in [0.25, 0.3) is 0 Å². The molecule has 14 heavy (non-hydrogen) atoms. The minimum absolute atomic E-state index is 0.409. The minimum atomic E-state index is 0.409. The van der Waals surface area contributed by atoms with Gasteiger partial charge in [-0.25, -0.2) is 10.8 Å². The van der Waals surface area contributed by atoms with Gasteiger partial charge in [-0.2, -0.15) is 0 Å². The first-order chi connectivity index (χ1) is 6.77. The van der Waals surface area contributed by atoms with E-state index < -0.39 is 0 Å². The van der Waals surface area contributed by atoms with E-state index in [1.807, 2.05) is 6.07 Å². The van der Waals surface area contributed by atoms with Crippen molar-refractivity contribution in [3.05, 3.63) is 41.3 Å². The molecule has 0 saturated carbocycles. The molecule has 0 radical (unpaired) electrons. The van der Waals surface area contributed by atoms with Crippen LogP contribution in [0.5, 0.6) is 0 Å². The molecule has 3 N–H and O–H groups in total. The summed E-state index contributed by atoms with van der Waals surface area (Å²) in [6, 6.07) is 3.62.